The van der Waals surface area contributed by atoms with Gasteiger partial charge in [-0.3, -0.25) is 4.79 Å². The minimum Gasteiger partial charge on any atom is -0.495 e. The summed E-state index contributed by atoms with van der Waals surface area (Å²) in [7, 11) is -2.15. The first-order chi connectivity index (χ1) is 15.0. The summed E-state index contributed by atoms with van der Waals surface area (Å²) in [4.78, 5) is 12.7. The third-order valence-corrected chi connectivity index (χ3v) is 7.72. The van der Waals surface area contributed by atoms with Gasteiger partial charge in [-0.2, -0.15) is 4.31 Å². The van der Waals surface area contributed by atoms with Gasteiger partial charge in [-0.15, -0.1) is 0 Å². The number of nitrogens with zero attached hydrogens (tertiary/aromatic N) is 1. The average Bonchev–Trinajstić information content (AvgIpc) is 3.51. The van der Waals surface area contributed by atoms with Crippen LogP contribution in [0.15, 0.2) is 53.4 Å². The average molecular weight is 445 g/mol. The lowest BCUT2D eigenvalue weighted by Gasteiger charge is -2.19. The Kier molecular flexibility index (Phi) is 6.57. The summed E-state index contributed by atoms with van der Waals surface area (Å²) in [6.45, 7) is 1.52. The number of rotatable bonds is 7. The zero-order valence-electron chi connectivity index (χ0n) is 17.5. The SMILES string of the molecule is COc1ccc(C2CC(C(=O)NCc3ccccc3)NN2)cc1S(=O)(=O)N1CCCC1. The predicted octanol–water partition coefficient (Wildman–Crippen LogP) is 1.70. The number of hydrogen-bond donors (Lipinski definition) is 3. The van der Waals surface area contributed by atoms with Crippen LogP contribution in [0.25, 0.3) is 0 Å². The summed E-state index contributed by atoms with van der Waals surface area (Å²) < 4.78 is 33.1. The molecule has 2 aliphatic heterocycles. The summed E-state index contributed by atoms with van der Waals surface area (Å²) >= 11 is 0. The fourth-order valence-electron chi connectivity index (χ4n) is 4.03. The number of sulfonamides is 1. The Hall–Kier alpha value is -2.46. The first-order valence-corrected chi connectivity index (χ1v) is 11.9. The number of methoxy groups -OCH3 is 1. The van der Waals surface area contributed by atoms with Crippen LogP contribution >= 0.6 is 0 Å². The molecule has 2 aromatic carbocycles. The number of carbonyl (C=O) groups excluding carboxylic acids is 1. The third kappa shape index (κ3) is 4.74. The molecule has 2 fully saturated rings. The highest BCUT2D eigenvalue weighted by Crippen LogP contribution is 2.33. The zero-order valence-corrected chi connectivity index (χ0v) is 18.3. The van der Waals surface area contributed by atoms with Crippen molar-refractivity contribution in [3.05, 3.63) is 59.7 Å². The minimum atomic E-state index is -3.62. The van der Waals surface area contributed by atoms with Gasteiger partial charge in [0.05, 0.1) is 7.11 Å². The Labute approximate surface area is 183 Å². The monoisotopic (exact) mass is 444 g/mol. The van der Waals surface area contributed by atoms with Gasteiger partial charge in [0, 0.05) is 25.7 Å². The van der Waals surface area contributed by atoms with Crippen molar-refractivity contribution in [1.29, 1.82) is 0 Å². The Morgan fingerprint density at radius 3 is 2.58 bits per heavy atom. The molecule has 4 rings (SSSR count). The molecule has 1 amide bonds. The highest BCUT2D eigenvalue weighted by molar-refractivity contribution is 7.89. The van der Waals surface area contributed by atoms with E-state index in [-0.39, 0.29) is 16.8 Å². The van der Waals surface area contributed by atoms with Crippen molar-refractivity contribution < 1.29 is 17.9 Å². The van der Waals surface area contributed by atoms with Gasteiger partial charge in [0.15, 0.2) is 0 Å². The predicted molar refractivity (Wildman–Crippen MR) is 117 cm³/mol. The number of amides is 1. The van der Waals surface area contributed by atoms with Crippen molar-refractivity contribution >= 4 is 15.9 Å². The molecule has 0 aromatic heterocycles. The number of carbonyl (C=O) groups is 1. The van der Waals surface area contributed by atoms with Crippen LogP contribution in [0.5, 0.6) is 5.75 Å². The molecule has 3 N–H and O–H groups in total. The second kappa shape index (κ2) is 9.35. The van der Waals surface area contributed by atoms with E-state index in [1.807, 2.05) is 36.4 Å². The maximum atomic E-state index is 13.1. The number of hydrogen-bond acceptors (Lipinski definition) is 6. The summed E-state index contributed by atoms with van der Waals surface area (Å²) in [6, 6.07) is 14.3. The van der Waals surface area contributed by atoms with Gasteiger partial charge in [-0.1, -0.05) is 36.4 Å². The minimum absolute atomic E-state index is 0.0997. The van der Waals surface area contributed by atoms with Crippen molar-refractivity contribution in [2.75, 3.05) is 20.2 Å². The van der Waals surface area contributed by atoms with E-state index in [0.717, 1.165) is 24.0 Å². The Balaban J connectivity index is 1.46. The van der Waals surface area contributed by atoms with E-state index in [1.165, 1.54) is 11.4 Å². The normalized spacial score (nSPS) is 21.8. The third-order valence-electron chi connectivity index (χ3n) is 5.80. The molecule has 2 unspecified atom stereocenters. The number of ether oxygens (including phenoxy) is 1. The van der Waals surface area contributed by atoms with Gasteiger partial charge in [-0.05, 0) is 42.5 Å². The van der Waals surface area contributed by atoms with Gasteiger partial charge >= 0.3 is 0 Å². The molecule has 0 saturated carbocycles. The van der Waals surface area contributed by atoms with Gasteiger partial charge < -0.3 is 10.1 Å². The van der Waals surface area contributed by atoms with Gasteiger partial charge in [0.25, 0.3) is 0 Å². The molecule has 9 heteroatoms. The van der Waals surface area contributed by atoms with Gasteiger partial charge in [0.1, 0.15) is 16.7 Å². The number of benzene rings is 2. The molecule has 2 aromatic rings. The highest BCUT2D eigenvalue weighted by Gasteiger charge is 2.33. The van der Waals surface area contributed by atoms with E-state index < -0.39 is 16.1 Å². The lowest BCUT2D eigenvalue weighted by molar-refractivity contribution is -0.123. The van der Waals surface area contributed by atoms with Crippen LogP contribution in [-0.4, -0.2) is 44.9 Å². The van der Waals surface area contributed by atoms with Crippen LogP contribution in [-0.2, 0) is 21.4 Å². The van der Waals surface area contributed by atoms with E-state index in [2.05, 4.69) is 16.2 Å². The van der Waals surface area contributed by atoms with E-state index in [0.29, 0.717) is 31.8 Å². The molecule has 0 aliphatic carbocycles. The van der Waals surface area contributed by atoms with Crippen molar-refractivity contribution in [3.8, 4) is 5.75 Å². The summed E-state index contributed by atoms with van der Waals surface area (Å²) in [5.74, 6) is 0.232. The second-order valence-corrected chi connectivity index (χ2v) is 9.76. The van der Waals surface area contributed by atoms with Crippen LogP contribution in [0.2, 0.25) is 0 Å². The van der Waals surface area contributed by atoms with Crippen molar-refractivity contribution in [2.45, 2.75) is 42.8 Å². The maximum Gasteiger partial charge on any atom is 0.246 e. The van der Waals surface area contributed by atoms with Crippen LogP contribution in [0, 0.1) is 0 Å². The molecular formula is C22H28N4O4S. The van der Waals surface area contributed by atoms with E-state index in [9.17, 15) is 13.2 Å². The van der Waals surface area contributed by atoms with Crippen molar-refractivity contribution in [1.82, 2.24) is 20.5 Å². The first-order valence-electron chi connectivity index (χ1n) is 10.5. The number of hydrazine groups is 1. The van der Waals surface area contributed by atoms with Crippen LogP contribution in [0.1, 0.15) is 36.4 Å². The second-order valence-electron chi connectivity index (χ2n) is 7.85. The Bertz CT molecular complexity index is 1020. The largest absolute Gasteiger partial charge is 0.495 e. The molecular weight excluding hydrogens is 416 g/mol. The molecule has 31 heavy (non-hydrogen) atoms. The maximum absolute atomic E-state index is 13.1. The van der Waals surface area contributed by atoms with Crippen LogP contribution in [0.4, 0.5) is 0 Å². The first kappa shape index (κ1) is 21.8. The Morgan fingerprint density at radius 2 is 1.87 bits per heavy atom. The van der Waals surface area contributed by atoms with E-state index >= 15 is 0 Å². The molecule has 0 spiro atoms. The lowest BCUT2D eigenvalue weighted by Crippen LogP contribution is -2.42. The summed E-state index contributed by atoms with van der Waals surface area (Å²) in [6.07, 6.45) is 2.25. The van der Waals surface area contributed by atoms with Crippen LogP contribution in [0.3, 0.4) is 0 Å². The quantitative estimate of drug-likeness (QED) is 0.601. The highest BCUT2D eigenvalue weighted by atomic mass is 32.2. The zero-order chi connectivity index (χ0) is 21.8. The van der Waals surface area contributed by atoms with Gasteiger partial charge in [-0.25, -0.2) is 19.3 Å². The molecule has 0 bridgehead atoms. The molecule has 0 radical (unpaired) electrons. The fraction of sp³-hybridized carbons (Fsp3) is 0.409. The molecule has 2 saturated heterocycles. The molecule has 8 nitrogen and oxygen atoms in total. The molecule has 166 valence electrons. The lowest BCUT2D eigenvalue weighted by atomic mass is 10.0. The van der Waals surface area contributed by atoms with Crippen molar-refractivity contribution in [2.24, 2.45) is 0 Å². The Morgan fingerprint density at radius 1 is 1.13 bits per heavy atom. The topological polar surface area (TPSA) is 99.8 Å². The summed E-state index contributed by atoms with van der Waals surface area (Å²) in [5, 5.41) is 2.94. The number of nitrogens with one attached hydrogen (secondary N) is 3. The molecule has 2 atom stereocenters. The van der Waals surface area contributed by atoms with E-state index in [4.69, 9.17) is 4.74 Å². The fourth-order valence-corrected chi connectivity index (χ4v) is 5.74. The van der Waals surface area contributed by atoms with Crippen LogP contribution < -0.4 is 20.9 Å². The van der Waals surface area contributed by atoms with Crippen molar-refractivity contribution in [3.63, 3.8) is 0 Å². The summed E-state index contributed by atoms with van der Waals surface area (Å²) in [5.41, 5.74) is 7.99. The molecule has 2 heterocycles. The van der Waals surface area contributed by atoms with Gasteiger partial charge in [0.2, 0.25) is 15.9 Å². The standard InChI is InChI=1S/C22H28N4O4S/c1-30-20-10-9-17(13-21(20)31(28,29)26-11-5-6-12-26)18-14-19(25-24-18)22(27)23-15-16-7-3-2-4-8-16/h2-4,7-10,13,18-19,24-25H,5-6,11-12,14-15H2,1H3,(H,23,27). The smallest absolute Gasteiger partial charge is 0.246 e. The molecule has 2 aliphatic rings. The van der Waals surface area contributed by atoms with E-state index in [1.54, 1.807) is 12.1 Å².